The van der Waals surface area contributed by atoms with Gasteiger partial charge < -0.3 is 15.1 Å². The number of hydrogen-bond acceptors (Lipinski definition) is 5. The van der Waals surface area contributed by atoms with Gasteiger partial charge in [0.2, 0.25) is 21.8 Å². The van der Waals surface area contributed by atoms with Crippen LogP contribution in [0.5, 0.6) is 0 Å². The van der Waals surface area contributed by atoms with Crippen molar-refractivity contribution in [2.75, 3.05) is 36.0 Å². The van der Waals surface area contributed by atoms with Gasteiger partial charge in [0.1, 0.15) is 6.04 Å². The summed E-state index contributed by atoms with van der Waals surface area (Å²) in [6, 6.07) is 13.9. The van der Waals surface area contributed by atoms with Crippen LogP contribution >= 0.6 is 0 Å². The zero-order valence-electron chi connectivity index (χ0n) is 21.0. The number of nitrogens with one attached hydrogen (secondary N) is 2. The smallest absolute Gasteiger partial charge is 0.241 e. The molecule has 35 heavy (non-hydrogen) atoms. The molecule has 2 aromatic carbocycles. The molecule has 2 amide bonds. The van der Waals surface area contributed by atoms with Gasteiger partial charge in [-0.3, -0.25) is 9.59 Å². The highest BCUT2D eigenvalue weighted by atomic mass is 32.2. The Labute approximate surface area is 208 Å². The number of hydrogen-bond donors (Lipinski definition) is 2. The normalized spacial score (nSPS) is 14.0. The summed E-state index contributed by atoms with van der Waals surface area (Å²) in [7, 11) is -3.92. The van der Waals surface area contributed by atoms with Crippen molar-refractivity contribution >= 4 is 33.2 Å². The van der Waals surface area contributed by atoms with Crippen LogP contribution in [-0.2, 0) is 26.0 Å². The predicted molar refractivity (Wildman–Crippen MR) is 139 cm³/mol. The number of sulfonamides is 1. The minimum Gasteiger partial charge on any atom is -0.372 e. The Bertz CT molecular complexity index is 1140. The van der Waals surface area contributed by atoms with E-state index in [9.17, 15) is 18.0 Å². The van der Waals surface area contributed by atoms with E-state index < -0.39 is 16.1 Å². The third kappa shape index (κ3) is 6.61. The van der Waals surface area contributed by atoms with Gasteiger partial charge in [0.15, 0.2) is 0 Å². The molecule has 1 aliphatic rings. The van der Waals surface area contributed by atoms with Crippen LogP contribution in [0.1, 0.15) is 39.7 Å². The van der Waals surface area contributed by atoms with Crippen molar-refractivity contribution in [3.05, 3.63) is 54.1 Å². The van der Waals surface area contributed by atoms with E-state index in [0.717, 1.165) is 36.4 Å². The van der Waals surface area contributed by atoms with Gasteiger partial charge >= 0.3 is 0 Å². The lowest BCUT2D eigenvalue weighted by Gasteiger charge is -2.24. The van der Waals surface area contributed by atoms with E-state index in [0.29, 0.717) is 19.5 Å². The second kappa shape index (κ2) is 11.7. The van der Waals surface area contributed by atoms with Crippen LogP contribution in [0, 0.1) is 5.92 Å². The summed E-state index contributed by atoms with van der Waals surface area (Å²) in [5, 5.41) is 2.89. The highest BCUT2D eigenvalue weighted by Crippen LogP contribution is 2.30. The molecule has 0 unspecified atom stereocenters. The Morgan fingerprint density at radius 3 is 2.46 bits per heavy atom. The lowest BCUT2D eigenvalue weighted by Crippen LogP contribution is -2.50. The predicted octanol–water partition coefficient (Wildman–Crippen LogP) is 2.93. The molecule has 3 rings (SSSR count). The number of carbonyl (C=O) groups is 2. The van der Waals surface area contributed by atoms with Crippen LogP contribution in [0.25, 0.3) is 0 Å². The zero-order valence-corrected chi connectivity index (χ0v) is 21.8. The molecule has 0 aliphatic carbocycles. The van der Waals surface area contributed by atoms with E-state index in [1.165, 1.54) is 13.0 Å². The summed E-state index contributed by atoms with van der Waals surface area (Å²) < 4.78 is 28.8. The van der Waals surface area contributed by atoms with E-state index in [2.05, 4.69) is 34.0 Å². The minimum absolute atomic E-state index is 0.0696. The Morgan fingerprint density at radius 2 is 1.83 bits per heavy atom. The number of fused-ring (bicyclic) bond motifs is 1. The first kappa shape index (κ1) is 26.7. The largest absolute Gasteiger partial charge is 0.372 e. The third-order valence-electron chi connectivity index (χ3n) is 6.28. The summed E-state index contributed by atoms with van der Waals surface area (Å²) in [5.41, 5.74) is 2.69. The lowest BCUT2D eigenvalue weighted by atomic mass is 10.1. The maximum atomic E-state index is 13.1. The first-order valence-corrected chi connectivity index (χ1v) is 13.6. The van der Waals surface area contributed by atoms with Crippen molar-refractivity contribution in [3.8, 4) is 0 Å². The van der Waals surface area contributed by atoms with Gasteiger partial charge in [0.05, 0.1) is 4.90 Å². The van der Waals surface area contributed by atoms with E-state index in [1.807, 2.05) is 32.0 Å². The number of benzene rings is 2. The Balaban J connectivity index is 1.60. The zero-order chi connectivity index (χ0) is 25.6. The van der Waals surface area contributed by atoms with Crippen molar-refractivity contribution in [2.24, 2.45) is 5.92 Å². The molecule has 8 nitrogen and oxygen atoms in total. The van der Waals surface area contributed by atoms with Gasteiger partial charge in [0, 0.05) is 44.5 Å². The molecule has 0 fully saturated rings. The first-order valence-electron chi connectivity index (χ1n) is 12.1. The molecule has 2 aromatic rings. The molecular weight excluding hydrogens is 464 g/mol. The number of amides is 2. The fraction of sp³-hybridized carbons (Fsp3) is 0.462. The molecule has 0 saturated heterocycles. The highest BCUT2D eigenvalue weighted by molar-refractivity contribution is 7.89. The Kier molecular flexibility index (Phi) is 8.91. The van der Waals surface area contributed by atoms with Crippen molar-refractivity contribution in [1.29, 1.82) is 0 Å². The van der Waals surface area contributed by atoms with Gasteiger partial charge in [-0.2, -0.15) is 4.72 Å². The van der Waals surface area contributed by atoms with Gasteiger partial charge in [0.25, 0.3) is 0 Å². The molecule has 9 heteroatoms. The molecule has 2 N–H and O–H groups in total. The molecule has 1 atom stereocenters. The maximum Gasteiger partial charge on any atom is 0.241 e. The van der Waals surface area contributed by atoms with Crippen LogP contribution in [-0.4, -0.2) is 52.5 Å². The average Bonchev–Trinajstić information content (AvgIpc) is 3.26. The number of carbonyl (C=O) groups excluding carboxylic acids is 2. The molecule has 0 radical (unpaired) electrons. The van der Waals surface area contributed by atoms with Crippen molar-refractivity contribution in [3.63, 3.8) is 0 Å². The fourth-order valence-electron chi connectivity index (χ4n) is 4.30. The Morgan fingerprint density at radius 1 is 1.11 bits per heavy atom. The van der Waals surface area contributed by atoms with Gasteiger partial charge in [-0.15, -0.1) is 0 Å². The number of anilines is 2. The van der Waals surface area contributed by atoms with Crippen LogP contribution in [0.15, 0.2) is 53.4 Å². The van der Waals surface area contributed by atoms with E-state index >= 15 is 0 Å². The molecule has 0 spiro atoms. The fourth-order valence-corrected chi connectivity index (χ4v) is 5.69. The molecule has 0 saturated carbocycles. The summed E-state index contributed by atoms with van der Waals surface area (Å²) in [6.45, 7) is 9.84. The van der Waals surface area contributed by atoms with E-state index in [1.54, 1.807) is 17.0 Å². The third-order valence-corrected chi connectivity index (χ3v) is 7.71. The molecular formula is C26H36N4O4S. The standard InChI is InChI=1S/C26H36N4O4S/c1-5-29(22-10-7-6-8-11-22)16-9-15-27-26(32)25(19(2)3)28-35(33,34)23-12-13-24-21(18-23)14-17-30(24)20(4)31/h6-8,10-13,18-19,25,28H,5,9,14-17H2,1-4H3,(H,27,32)/t25-/m0/s1. The average molecular weight is 501 g/mol. The summed E-state index contributed by atoms with van der Waals surface area (Å²) in [5.74, 6) is -0.640. The molecule has 1 aliphatic heterocycles. The second-order valence-electron chi connectivity index (χ2n) is 9.11. The van der Waals surface area contributed by atoms with Crippen LogP contribution in [0.2, 0.25) is 0 Å². The number of rotatable bonds is 11. The molecule has 0 bridgehead atoms. The van der Waals surface area contributed by atoms with Gasteiger partial charge in [-0.05, 0) is 61.6 Å². The van der Waals surface area contributed by atoms with Gasteiger partial charge in [-0.25, -0.2) is 8.42 Å². The van der Waals surface area contributed by atoms with Crippen LogP contribution < -0.4 is 19.8 Å². The quantitative estimate of drug-likeness (QED) is 0.462. The monoisotopic (exact) mass is 500 g/mol. The maximum absolute atomic E-state index is 13.1. The van der Waals surface area contributed by atoms with Crippen LogP contribution in [0.4, 0.5) is 11.4 Å². The SMILES string of the molecule is CCN(CCCNC(=O)[C@@H](NS(=O)(=O)c1ccc2c(c1)CCN2C(C)=O)C(C)C)c1ccccc1. The second-order valence-corrected chi connectivity index (χ2v) is 10.8. The first-order chi connectivity index (χ1) is 16.6. The van der Waals surface area contributed by atoms with E-state index in [-0.39, 0.29) is 22.6 Å². The summed E-state index contributed by atoms with van der Waals surface area (Å²) >= 11 is 0. The van der Waals surface area contributed by atoms with Crippen molar-refractivity contribution < 1.29 is 18.0 Å². The number of para-hydroxylation sites is 1. The Hall–Kier alpha value is -2.91. The molecule has 1 heterocycles. The van der Waals surface area contributed by atoms with Crippen molar-refractivity contribution in [1.82, 2.24) is 10.0 Å². The number of nitrogens with zero attached hydrogens (tertiary/aromatic N) is 2. The summed E-state index contributed by atoms with van der Waals surface area (Å²) in [6.07, 6.45) is 1.34. The van der Waals surface area contributed by atoms with Crippen molar-refractivity contribution in [2.45, 2.75) is 51.5 Å². The molecule has 190 valence electrons. The van der Waals surface area contributed by atoms with E-state index in [4.69, 9.17) is 0 Å². The minimum atomic E-state index is -3.92. The lowest BCUT2D eigenvalue weighted by molar-refractivity contribution is -0.123. The molecule has 0 aromatic heterocycles. The van der Waals surface area contributed by atoms with Crippen LogP contribution in [0.3, 0.4) is 0 Å². The summed E-state index contributed by atoms with van der Waals surface area (Å²) in [4.78, 5) is 28.6. The van der Waals surface area contributed by atoms with Gasteiger partial charge in [-0.1, -0.05) is 32.0 Å². The topological polar surface area (TPSA) is 98.8 Å². The highest BCUT2D eigenvalue weighted by Gasteiger charge is 2.30.